The van der Waals surface area contributed by atoms with Crippen LogP contribution in [0.25, 0.3) is 0 Å². The van der Waals surface area contributed by atoms with Crippen molar-refractivity contribution in [1.82, 2.24) is 14.8 Å². The summed E-state index contributed by atoms with van der Waals surface area (Å²) in [5.74, 6) is 0.863. The lowest BCUT2D eigenvalue weighted by atomic mass is 9.90. The molecule has 0 bridgehead atoms. The van der Waals surface area contributed by atoms with E-state index in [1.807, 2.05) is 4.90 Å². The molecule has 7 nitrogen and oxygen atoms in total. The highest BCUT2D eigenvalue weighted by Gasteiger charge is 2.59. The van der Waals surface area contributed by atoms with Crippen LogP contribution in [0.15, 0.2) is 30.5 Å². The van der Waals surface area contributed by atoms with E-state index in [0.29, 0.717) is 45.9 Å². The number of carbonyl (C=O) groups excluding carboxylic acids is 2. The molecule has 1 aromatic carbocycles. The van der Waals surface area contributed by atoms with Crippen LogP contribution in [0, 0.1) is 11.3 Å². The number of nitrogens with zero attached hydrogens (tertiary/aromatic N) is 3. The lowest BCUT2D eigenvalue weighted by Crippen LogP contribution is -2.42. The number of rotatable bonds is 5. The molecule has 5 rings (SSSR count). The molecule has 3 heterocycles. The van der Waals surface area contributed by atoms with Crippen molar-refractivity contribution in [3.8, 4) is 5.75 Å². The summed E-state index contributed by atoms with van der Waals surface area (Å²) in [5.41, 5.74) is 7.14. The van der Waals surface area contributed by atoms with Gasteiger partial charge in [0.15, 0.2) is 11.6 Å². The number of likely N-dealkylation sites (tertiary alicyclic amines) is 2. The van der Waals surface area contributed by atoms with Gasteiger partial charge in [-0.2, -0.15) is 0 Å². The van der Waals surface area contributed by atoms with Gasteiger partial charge in [0, 0.05) is 53.9 Å². The van der Waals surface area contributed by atoms with Gasteiger partial charge in [0.25, 0.3) is 5.91 Å². The molecule has 1 atom stereocenters. The topological polar surface area (TPSA) is 88.8 Å². The molecule has 35 heavy (non-hydrogen) atoms. The third kappa shape index (κ3) is 4.94. The van der Waals surface area contributed by atoms with Crippen LogP contribution in [0.2, 0.25) is 10.0 Å². The van der Waals surface area contributed by atoms with E-state index in [9.17, 15) is 9.59 Å². The molecule has 1 aliphatic carbocycles. The summed E-state index contributed by atoms with van der Waals surface area (Å²) in [6.45, 7) is 3.18. The molecule has 0 radical (unpaired) electrons. The highest BCUT2D eigenvalue weighted by atomic mass is 35.5. The van der Waals surface area contributed by atoms with E-state index in [4.69, 9.17) is 33.7 Å². The van der Waals surface area contributed by atoms with Crippen molar-refractivity contribution < 1.29 is 14.3 Å². The number of carbonyl (C=O) groups is 2. The molecule has 2 amide bonds. The average molecular weight is 517 g/mol. The van der Waals surface area contributed by atoms with Crippen molar-refractivity contribution in [3.63, 3.8) is 0 Å². The summed E-state index contributed by atoms with van der Waals surface area (Å²) in [7, 11) is 0. The van der Waals surface area contributed by atoms with E-state index in [-0.39, 0.29) is 29.7 Å². The Morgan fingerprint density at radius 3 is 2.43 bits per heavy atom. The minimum atomic E-state index is -0.104. The van der Waals surface area contributed by atoms with E-state index < -0.39 is 0 Å². The summed E-state index contributed by atoms with van der Waals surface area (Å²) < 4.78 is 5.83. The summed E-state index contributed by atoms with van der Waals surface area (Å²) in [6.07, 6.45) is 7.60. The van der Waals surface area contributed by atoms with Crippen molar-refractivity contribution in [2.45, 2.75) is 45.1 Å². The summed E-state index contributed by atoms with van der Waals surface area (Å²) in [4.78, 5) is 34.2. The standard InChI is InChI=1S/C26H30Cl2N4O3/c27-20-5-4-6-21(28)18(20)16-35-22-13-17(15-30-23(22)29)24(33)32-11-7-26(8-12-32)14-19(26)25(34)31-9-2-1-3-10-31/h4-6,13,15,19H,1-3,7-12,14,16H2,(H2,29,30). The van der Waals surface area contributed by atoms with E-state index in [1.165, 1.54) is 12.6 Å². The Kier molecular flexibility index (Phi) is 6.82. The number of halogens is 2. The molecule has 1 aromatic heterocycles. The van der Waals surface area contributed by atoms with Crippen molar-refractivity contribution >= 4 is 40.8 Å². The van der Waals surface area contributed by atoms with Gasteiger partial charge in [-0.1, -0.05) is 29.3 Å². The van der Waals surface area contributed by atoms with Crippen LogP contribution >= 0.6 is 23.2 Å². The van der Waals surface area contributed by atoms with Crippen LogP contribution in [0.1, 0.15) is 54.4 Å². The number of piperidine rings is 2. The second-order valence-electron chi connectivity index (χ2n) is 9.89. The van der Waals surface area contributed by atoms with Crippen LogP contribution in [0.5, 0.6) is 5.75 Å². The van der Waals surface area contributed by atoms with Gasteiger partial charge in [-0.25, -0.2) is 4.98 Å². The van der Waals surface area contributed by atoms with Crippen LogP contribution in [-0.4, -0.2) is 52.8 Å². The lowest BCUT2D eigenvalue weighted by Gasteiger charge is -2.34. The molecule has 2 N–H and O–H groups in total. The van der Waals surface area contributed by atoms with Gasteiger partial charge >= 0.3 is 0 Å². The molecule has 3 fully saturated rings. The van der Waals surface area contributed by atoms with Gasteiger partial charge in [-0.05, 0) is 62.1 Å². The normalized spacial score (nSPS) is 21.1. The zero-order chi connectivity index (χ0) is 24.6. The van der Waals surface area contributed by atoms with Crippen molar-refractivity contribution in [2.24, 2.45) is 11.3 Å². The smallest absolute Gasteiger partial charge is 0.255 e. The molecule has 186 valence electrons. The number of hydrogen-bond acceptors (Lipinski definition) is 5. The number of benzene rings is 1. The summed E-state index contributed by atoms with van der Waals surface area (Å²) in [5, 5.41) is 0.992. The number of amides is 2. The maximum absolute atomic E-state index is 13.2. The fourth-order valence-corrected chi connectivity index (χ4v) is 5.94. The Hall–Kier alpha value is -2.51. The van der Waals surface area contributed by atoms with Crippen LogP contribution in [0.3, 0.4) is 0 Å². The van der Waals surface area contributed by atoms with Gasteiger partial charge < -0.3 is 20.3 Å². The van der Waals surface area contributed by atoms with Gasteiger partial charge in [0.05, 0.1) is 5.56 Å². The molecule has 9 heteroatoms. The zero-order valence-electron chi connectivity index (χ0n) is 19.6. The first-order valence-electron chi connectivity index (χ1n) is 12.3. The van der Waals surface area contributed by atoms with E-state index >= 15 is 0 Å². The summed E-state index contributed by atoms with van der Waals surface area (Å²) >= 11 is 12.4. The third-order valence-electron chi connectivity index (χ3n) is 7.76. The summed E-state index contributed by atoms with van der Waals surface area (Å²) in [6, 6.07) is 6.86. The molecule has 1 unspecified atom stereocenters. The lowest BCUT2D eigenvalue weighted by molar-refractivity contribution is -0.134. The maximum Gasteiger partial charge on any atom is 0.255 e. The number of pyridine rings is 1. The Balaban J connectivity index is 1.19. The number of anilines is 1. The van der Waals surface area contributed by atoms with E-state index in [1.54, 1.807) is 24.3 Å². The number of nitrogens with two attached hydrogens (primary N) is 1. The predicted molar refractivity (Wildman–Crippen MR) is 136 cm³/mol. The quantitative estimate of drug-likeness (QED) is 0.616. The van der Waals surface area contributed by atoms with Crippen molar-refractivity contribution in [3.05, 3.63) is 51.6 Å². The van der Waals surface area contributed by atoms with Gasteiger partial charge in [-0.15, -0.1) is 0 Å². The highest BCUT2D eigenvalue weighted by molar-refractivity contribution is 6.35. The largest absolute Gasteiger partial charge is 0.485 e. The minimum Gasteiger partial charge on any atom is -0.485 e. The molecule has 1 spiro atoms. The Morgan fingerprint density at radius 2 is 1.74 bits per heavy atom. The van der Waals surface area contributed by atoms with E-state index in [2.05, 4.69) is 9.88 Å². The van der Waals surface area contributed by atoms with Crippen LogP contribution < -0.4 is 10.5 Å². The molecule has 1 saturated carbocycles. The first-order chi connectivity index (χ1) is 16.9. The fourth-order valence-electron chi connectivity index (χ4n) is 5.43. The second-order valence-corrected chi connectivity index (χ2v) is 10.7. The Morgan fingerprint density at radius 1 is 1.06 bits per heavy atom. The number of ether oxygens (including phenoxy) is 1. The highest BCUT2D eigenvalue weighted by Crippen LogP contribution is 2.60. The van der Waals surface area contributed by atoms with Crippen LogP contribution in [-0.2, 0) is 11.4 Å². The number of hydrogen-bond donors (Lipinski definition) is 1. The minimum absolute atomic E-state index is 0.0766. The molecule has 2 saturated heterocycles. The second kappa shape index (κ2) is 9.86. The predicted octanol–water partition coefficient (Wildman–Crippen LogP) is 4.80. The first kappa shape index (κ1) is 24.2. The van der Waals surface area contributed by atoms with Crippen molar-refractivity contribution in [1.29, 1.82) is 0 Å². The number of nitrogen functional groups attached to an aromatic ring is 1. The van der Waals surface area contributed by atoms with Crippen molar-refractivity contribution in [2.75, 3.05) is 31.9 Å². The monoisotopic (exact) mass is 516 g/mol. The van der Waals surface area contributed by atoms with Crippen LogP contribution in [0.4, 0.5) is 5.82 Å². The molecular formula is C26H30Cl2N4O3. The Bertz CT molecular complexity index is 1110. The maximum atomic E-state index is 13.2. The SMILES string of the molecule is Nc1ncc(C(=O)N2CCC3(CC2)CC3C(=O)N2CCCCC2)cc1OCc1c(Cl)cccc1Cl. The van der Waals surface area contributed by atoms with Gasteiger partial charge in [0.1, 0.15) is 6.61 Å². The third-order valence-corrected chi connectivity index (χ3v) is 8.47. The molecule has 2 aliphatic heterocycles. The number of aromatic nitrogens is 1. The molecular weight excluding hydrogens is 487 g/mol. The molecule has 2 aromatic rings. The fraction of sp³-hybridized carbons (Fsp3) is 0.500. The van der Waals surface area contributed by atoms with Gasteiger partial charge in [-0.3, -0.25) is 9.59 Å². The van der Waals surface area contributed by atoms with Gasteiger partial charge in [0.2, 0.25) is 5.91 Å². The zero-order valence-corrected chi connectivity index (χ0v) is 21.2. The molecule has 3 aliphatic rings. The average Bonchev–Trinajstić information content (AvgIpc) is 3.57. The Labute approximate surface area is 215 Å². The first-order valence-corrected chi connectivity index (χ1v) is 13.0. The van der Waals surface area contributed by atoms with E-state index in [0.717, 1.165) is 45.2 Å².